The van der Waals surface area contributed by atoms with Crippen LogP contribution in [0.15, 0.2) is 43.1 Å². The van der Waals surface area contributed by atoms with Gasteiger partial charge in [-0.25, -0.2) is 9.97 Å². The summed E-state index contributed by atoms with van der Waals surface area (Å²) in [7, 11) is 0. The largest absolute Gasteiger partial charge is 0.434 e. The van der Waals surface area contributed by atoms with E-state index in [0.29, 0.717) is 18.9 Å². The fourth-order valence-electron chi connectivity index (χ4n) is 3.13. The average Bonchev–Trinajstić information content (AvgIpc) is 3.08. The van der Waals surface area contributed by atoms with Crippen molar-refractivity contribution in [3.8, 4) is 0 Å². The van der Waals surface area contributed by atoms with E-state index >= 15 is 0 Å². The second-order valence-corrected chi connectivity index (χ2v) is 6.23. The summed E-state index contributed by atoms with van der Waals surface area (Å²) in [4.78, 5) is 16.4. The summed E-state index contributed by atoms with van der Waals surface area (Å²) < 4.78 is 40.2. The lowest BCUT2D eigenvalue weighted by atomic mass is 10.2. The molecule has 6 nitrogen and oxygen atoms in total. The smallest absolute Gasteiger partial charge is 0.351 e. The minimum absolute atomic E-state index is 0.237. The van der Waals surface area contributed by atoms with Crippen LogP contribution in [0.2, 0.25) is 0 Å². The van der Waals surface area contributed by atoms with Gasteiger partial charge in [0.25, 0.3) is 0 Å². The van der Waals surface area contributed by atoms with E-state index in [1.165, 1.54) is 16.8 Å². The van der Waals surface area contributed by atoms with Crippen LogP contribution in [0.3, 0.4) is 0 Å². The number of alkyl halides is 3. The molecule has 9 heteroatoms. The van der Waals surface area contributed by atoms with Gasteiger partial charge < -0.3 is 9.30 Å². The Balaban J connectivity index is 1.50. The molecule has 1 aliphatic heterocycles. The van der Waals surface area contributed by atoms with Gasteiger partial charge in [0.1, 0.15) is 0 Å². The van der Waals surface area contributed by atoms with E-state index in [4.69, 9.17) is 0 Å². The molecule has 26 heavy (non-hydrogen) atoms. The van der Waals surface area contributed by atoms with Gasteiger partial charge in [0.2, 0.25) is 0 Å². The molecular weight excluding hydrogens is 345 g/mol. The molecule has 0 spiro atoms. The number of halogens is 3. The van der Waals surface area contributed by atoms with Gasteiger partial charge in [0.15, 0.2) is 17.2 Å². The van der Waals surface area contributed by atoms with Gasteiger partial charge in [-0.2, -0.15) is 13.2 Å². The number of anilines is 1. The topological polar surface area (TPSA) is 49.6 Å². The lowest BCUT2D eigenvalue weighted by Crippen LogP contribution is -2.46. The van der Waals surface area contributed by atoms with E-state index in [1.807, 2.05) is 23.2 Å². The predicted molar refractivity (Wildman–Crippen MR) is 89.7 cm³/mol. The number of hydrogen-bond acceptors (Lipinski definition) is 5. The molecule has 1 saturated heterocycles. The highest BCUT2D eigenvalue weighted by Gasteiger charge is 2.34. The maximum absolute atomic E-state index is 12.9. The number of aromatic nitrogens is 4. The Kier molecular flexibility index (Phi) is 4.23. The van der Waals surface area contributed by atoms with Gasteiger partial charge in [0, 0.05) is 63.7 Å². The summed E-state index contributed by atoms with van der Waals surface area (Å²) in [5.74, 6) is 0.490. The molecule has 0 aromatic carbocycles. The van der Waals surface area contributed by atoms with Crippen LogP contribution in [0.4, 0.5) is 19.0 Å². The molecule has 1 aliphatic rings. The van der Waals surface area contributed by atoms with E-state index in [0.717, 1.165) is 31.4 Å². The van der Waals surface area contributed by atoms with Crippen molar-refractivity contribution in [1.82, 2.24) is 24.3 Å². The number of rotatable bonds is 3. The zero-order chi connectivity index (χ0) is 18.1. The van der Waals surface area contributed by atoms with Crippen LogP contribution in [-0.2, 0) is 12.7 Å². The van der Waals surface area contributed by atoms with Crippen LogP contribution in [0.1, 0.15) is 11.3 Å². The Morgan fingerprint density at radius 2 is 1.88 bits per heavy atom. The molecule has 3 aromatic rings. The quantitative estimate of drug-likeness (QED) is 0.716. The van der Waals surface area contributed by atoms with Crippen LogP contribution in [0.25, 0.3) is 5.65 Å². The first kappa shape index (κ1) is 16.8. The Bertz CT molecular complexity index is 884. The van der Waals surface area contributed by atoms with E-state index in [1.54, 1.807) is 6.20 Å². The second kappa shape index (κ2) is 6.56. The number of pyridine rings is 1. The Labute approximate surface area is 147 Å². The second-order valence-electron chi connectivity index (χ2n) is 6.23. The molecule has 0 radical (unpaired) electrons. The number of fused-ring (bicyclic) bond motifs is 1. The van der Waals surface area contributed by atoms with Crippen molar-refractivity contribution in [1.29, 1.82) is 0 Å². The molecule has 0 saturated carbocycles. The summed E-state index contributed by atoms with van der Waals surface area (Å²) in [6, 6.07) is 3.94. The van der Waals surface area contributed by atoms with Crippen LogP contribution >= 0.6 is 0 Å². The highest BCUT2D eigenvalue weighted by molar-refractivity contribution is 5.64. The van der Waals surface area contributed by atoms with E-state index < -0.39 is 11.9 Å². The summed E-state index contributed by atoms with van der Waals surface area (Å²) >= 11 is 0. The maximum atomic E-state index is 12.9. The first-order valence-electron chi connectivity index (χ1n) is 8.28. The van der Waals surface area contributed by atoms with Crippen LogP contribution < -0.4 is 4.90 Å². The lowest BCUT2D eigenvalue weighted by Gasteiger charge is -2.35. The van der Waals surface area contributed by atoms with Crippen LogP contribution in [0, 0.1) is 0 Å². The van der Waals surface area contributed by atoms with Crippen LogP contribution in [0.5, 0.6) is 0 Å². The zero-order valence-electron chi connectivity index (χ0n) is 13.9. The molecule has 3 aromatic heterocycles. The lowest BCUT2D eigenvalue weighted by molar-refractivity contribution is -0.140. The van der Waals surface area contributed by atoms with Crippen molar-refractivity contribution < 1.29 is 13.2 Å². The van der Waals surface area contributed by atoms with Gasteiger partial charge in [0.05, 0.1) is 0 Å². The number of hydrogen-bond donors (Lipinski definition) is 0. The molecule has 0 N–H and O–H groups in total. The highest BCUT2D eigenvalue weighted by Crippen LogP contribution is 2.30. The first-order chi connectivity index (χ1) is 12.5. The summed E-state index contributed by atoms with van der Waals surface area (Å²) in [5.41, 5.74) is 0.478. The predicted octanol–water partition coefficient (Wildman–Crippen LogP) is 2.47. The minimum Gasteiger partial charge on any atom is -0.351 e. The summed E-state index contributed by atoms with van der Waals surface area (Å²) in [6.45, 7) is 3.76. The van der Waals surface area contributed by atoms with Gasteiger partial charge in [-0.3, -0.25) is 9.88 Å². The third kappa shape index (κ3) is 3.34. The van der Waals surface area contributed by atoms with Crippen molar-refractivity contribution in [2.45, 2.75) is 12.7 Å². The van der Waals surface area contributed by atoms with Gasteiger partial charge in [-0.1, -0.05) is 6.07 Å². The average molecular weight is 362 g/mol. The van der Waals surface area contributed by atoms with Crippen LogP contribution in [-0.4, -0.2) is 50.4 Å². The minimum atomic E-state index is -4.47. The Hall–Kier alpha value is -2.68. The molecule has 136 valence electrons. The monoisotopic (exact) mass is 362 g/mol. The maximum Gasteiger partial charge on any atom is 0.434 e. The van der Waals surface area contributed by atoms with E-state index in [2.05, 4.69) is 19.9 Å². The number of nitrogens with zero attached hydrogens (tertiary/aromatic N) is 6. The van der Waals surface area contributed by atoms with E-state index in [-0.39, 0.29) is 5.65 Å². The normalized spacial score (nSPS) is 16.3. The Morgan fingerprint density at radius 1 is 1.08 bits per heavy atom. The molecular formula is C17H17F3N6. The number of imidazole rings is 1. The molecule has 0 atom stereocenters. The fraction of sp³-hybridized carbons (Fsp3) is 0.353. The van der Waals surface area contributed by atoms with Gasteiger partial charge >= 0.3 is 6.18 Å². The summed E-state index contributed by atoms with van der Waals surface area (Å²) in [6.07, 6.45) is 3.11. The molecule has 0 amide bonds. The van der Waals surface area contributed by atoms with Crippen molar-refractivity contribution >= 4 is 11.5 Å². The van der Waals surface area contributed by atoms with Crippen molar-refractivity contribution in [2.75, 3.05) is 31.1 Å². The van der Waals surface area contributed by atoms with Gasteiger partial charge in [-0.15, -0.1) is 0 Å². The van der Waals surface area contributed by atoms with Crippen molar-refractivity contribution in [3.63, 3.8) is 0 Å². The van der Waals surface area contributed by atoms with Crippen molar-refractivity contribution in [2.24, 2.45) is 0 Å². The molecule has 4 rings (SSSR count). The molecule has 0 bridgehead atoms. The SMILES string of the molecule is FC(F)(F)c1cn2ccnc(N3CCN(Cc4cccnc4)CC3)c2n1. The Morgan fingerprint density at radius 3 is 2.58 bits per heavy atom. The third-order valence-corrected chi connectivity index (χ3v) is 4.45. The zero-order valence-corrected chi connectivity index (χ0v) is 13.9. The summed E-state index contributed by atoms with van der Waals surface area (Å²) in [5, 5.41) is 0. The number of piperazine rings is 1. The fourth-order valence-corrected chi connectivity index (χ4v) is 3.13. The molecule has 0 unspecified atom stereocenters. The molecule has 4 heterocycles. The van der Waals surface area contributed by atoms with E-state index in [9.17, 15) is 13.2 Å². The third-order valence-electron chi connectivity index (χ3n) is 4.45. The first-order valence-corrected chi connectivity index (χ1v) is 8.28. The molecule has 1 fully saturated rings. The highest BCUT2D eigenvalue weighted by atomic mass is 19.4. The van der Waals surface area contributed by atoms with Gasteiger partial charge in [-0.05, 0) is 11.6 Å². The van der Waals surface area contributed by atoms with Crippen molar-refractivity contribution in [3.05, 3.63) is 54.4 Å². The standard InChI is InChI=1S/C17H17F3N6/c18-17(19,20)14-12-26-5-4-22-15(16(26)23-14)25-8-6-24(7-9-25)11-13-2-1-3-21-10-13/h1-5,10,12H,6-9,11H2. The molecule has 0 aliphatic carbocycles.